The van der Waals surface area contributed by atoms with Crippen LogP contribution >= 0.6 is 11.6 Å². The van der Waals surface area contributed by atoms with E-state index in [2.05, 4.69) is 16.8 Å². The molecule has 0 radical (unpaired) electrons. The second-order valence-electron chi connectivity index (χ2n) is 3.27. The molecule has 1 heterocycles. The first-order valence-corrected chi connectivity index (χ1v) is 5.16. The van der Waals surface area contributed by atoms with E-state index < -0.39 is 0 Å². The van der Waals surface area contributed by atoms with Crippen molar-refractivity contribution < 1.29 is 0 Å². The predicted molar refractivity (Wildman–Crippen MR) is 63.4 cm³/mol. The first-order valence-electron chi connectivity index (χ1n) is 4.79. The first-order chi connectivity index (χ1) is 7.13. The van der Waals surface area contributed by atoms with E-state index >= 15 is 0 Å². The van der Waals surface area contributed by atoms with Crippen LogP contribution in [0.15, 0.2) is 12.3 Å². The van der Waals surface area contributed by atoms with Crippen LogP contribution in [0.25, 0.3) is 0 Å². The van der Waals surface area contributed by atoms with Crippen molar-refractivity contribution in [2.45, 2.75) is 25.8 Å². The fraction of sp³-hybridized carbons (Fsp3) is 0.364. The van der Waals surface area contributed by atoms with Crippen molar-refractivity contribution in [3.8, 4) is 11.8 Å². The maximum absolute atomic E-state index is 5.80. The van der Waals surface area contributed by atoms with Crippen molar-refractivity contribution >= 4 is 17.4 Å². The molecule has 0 aliphatic heterocycles. The second-order valence-corrected chi connectivity index (χ2v) is 3.67. The van der Waals surface area contributed by atoms with Crippen LogP contribution in [0.5, 0.6) is 0 Å². The normalized spacial score (nSPS) is 11.7. The summed E-state index contributed by atoms with van der Waals surface area (Å²) in [5, 5.41) is 0.432. The van der Waals surface area contributed by atoms with Gasteiger partial charge in [-0.25, -0.2) is 4.98 Å². The van der Waals surface area contributed by atoms with Crippen molar-refractivity contribution in [3.63, 3.8) is 0 Å². The Balaban J connectivity index is 2.68. The highest BCUT2D eigenvalue weighted by Crippen LogP contribution is 2.15. The Bertz CT molecular complexity index is 393. The van der Waals surface area contributed by atoms with Gasteiger partial charge in [0, 0.05) is 24.2 Å². The highest BCUT2D eigenvalue weighted by molar-refractivity contribution is 6.32. The monoisotopic (exact) mass is 223 g/mol. The van der Waals surface area contributed by atoms with Crippen molar-refractivity contribution in [2.24, 2.45) is 5.73 Å². The van der Waals surface area contributed by atoms with Crippen LogP contribution in [-0.2, 0) is 0 Å². The average molecular weight is 224 g/mol. The van der Waals surface area contributed by atoms with Crippen LogP contribution in [0.1, 0.15) is 25.3 Å². The first kappa shape index (κ1) is 11.8. The standard InChI is InChI=1S/C11H14ClN3/c1-2-9(13)5-3-4-8-6-10(12)11(14)15-7-8/h6-7,9H,2,5,13H2,1H3,(H2,14,15)/t9-/m1/s1. The molecule has 0 aliphatic rings. The Labute approximate surface area is 94.8 Å². The summed E-state index contributed by atoms with van der Waals surface area (Å²) < 4.78 is 0. The largest absolute Gasteiger partial charge is 0.382 e. The van der Waals surface area contributed by atoms with Gasteiger partial charge in [-0.15, -0.1) is 0 Å². The van der Waals surface area contributed by atoms with E-state index in [4.69, 9.17) is 23.1 Å². The minimum absolute atomic E-state index is 0.134. The number of hydrogen-bond donors (Lipinski definition) is 2. The quantitative estimate of drug-likeness (QED) is 0.752. The lowest BCUT2D eigenvalue weighted by Gasteiger charge is -2.00. The molecule has 4 N–H and O–H groups in total. The van der Waals surface area contributed by atoms with Gasteiger partial charge in [-0.2, -0.15) is 0 Å². The topological polar surface area (TPSA) is 64.9 Å². The molecule has 1 rings (SSSR count). The molecular weight excluding hydrogens is 210 g/mol. The molecule has 1 aromatic rings. The van der Waals surface area contributed by atoms with Gasteiger partial charge in [-0.1, -0.05) is 30.4 Å². The van der Waals surface area contributed by atoms with Crippen molar-refractivity contribution in [3.05, 3.63) is 22.8 Å². The molecule has 1 atom stereocenters. The SMILES string of the molecule is CC[C@@H](N)CC#Cc1cnc(N)c(Cl)c1. The summed E-state index contributed by atoms with van der Waals surface area (Å²) >= 11 is 5.80. The van der Waals surface area contributed by atoms with Gasteiger partial charge in [0.1, 0.15) is 5.82 Å². The molecule has 1 aromatic heterocycles. The van der Waals surface area contributed by atoms with E-state index in [0.717, 1.165) is 12.0 Å². The lowest BCUT2D eigenvalue weighted by Crippen LogP contribution is -2.17. The Morgan fingerprint density at radius 1 is 1.60 bits per heavy atom. The van der Waals surface area contributed by atoms with Gasteiger partial charge < -0.3 is 11.5 Å². The van der Waals surface area contributed by atoms with Gasteiger partial charge in [0.05, 0.1) is 5.02 Å². The number of nitrogens with two attached hydrogens (primary N) is 2. The number of anilines is 1. The minimum atomic E-state index is 0.134. The molecule has 4 heteroatoms. The number of aromatic nitrogens is 1. The second kappa shape index (κ2) is 5.59. The van der Waals surface area contributed by atoms with Crippen LogP contribution in [0, 0.1) is 11.8 Å². The van der Waals surface area contributed by atoms with E-state index in [9.17, 15) is 0 Å². The third-order valence-electron chi connectivity index (χ3n) is 1.99. The Hall–Kier alpha value is -1.24. The Morgan fingerprint density at radius 2 is 2.33 bits per heavy atom. The molecule has 0 fully saturated rings. The smallest absolute Gasteiger partial charge is 0.142 e. The number of nitrogens with zero attached hydrogens (tertiary/aromatic N) is 1. The summed E-state index contributed by atoms with van der Waals surface area (Å²) in [6.07, 6.45) is 3.21. The molecule has 3 nitrogen and oxygen atoms in total. The summed E-state index contributed by atoms with van der Waals surface area (Å²) in [6.45, 7) is 2.04. The summed E-state index contributed by atoms with van der Waals surface area (Å²) in [4.78, 5) is 3.91. The maximum Gasteiger partial charge on any atom is 0.142 e. The Morgan fingerprint density at radius 3 is 2.93 bits per heavy atom. The summed E-state index contributed by atoms with van der Waals surface area (Å²) in [5.74, 6) is 6.26. The fourth-order valence-corrected chi connectivity index (χ4v) is 1.11. The molecule has 0 amide bonds. The number of hydrogen-bond acceptors (Lipinski definition) is 3. The maximum atomic E-state index is 5.80. The number of nitrogen functional groups attached to an aromatic ring is 1. The zero-order valence-electron chi connectivity index (χ0n) is 8.63. The summed E-state index contributed by atoms with van der Waals surface area (Å²) in [5.41, 5.74) is 12.0. The molecule has 0 unspecified atom stereocenters. The predicted octanol–water partition coefficient (Wildman–Crippen LogP) is 1.80. The van der Waals surface area contributed by atoms with Crippen LogP contribution in [0.4, 0.5) is 5.82 Å². The van der Waals surface area contributed by atoms with Crippen LogP contribution in [-0.4, -0.2) is 11.0 Å². The number of rotatable bonds is 2. The summed E-state index contributed by atoms with van der Waals surface area (Å²) in [6, 6.07) is 1.84. The molecular formula is C11H14ClN3. The van der Waals surface area contributed by atoms with Gasteiger partial charge in [-0.05, 0) is 12.5 Å². The van der Waals surface area contributed by atoms with Crippen molar-refractivity contribution in [1.82, 2.24) is 4.98 Å². The number of pyridine rings is 1. The van der Waals surface area contributed by atoms with E-state index in [1.165, 1.54) is 0 Å². The van der Waals surface area contributed by atoms with Gasteiger partial charge >= 0.3 is 0 Å². The van der Waals surface area contributed by atoms with Crippen molar-refractivity contribution in [1.29, 1.82) is 0 Å². The molecule has 0 bridgehead atoms. The molecule has 80 valence electrons. The van der Waals surface area contributed by atoms with E-state index in [0.29, 0.717) is 17.3 Å². The molecule has 15 heavy (non-hydrogen) atoms. The third-order valence-corrected chi connectivity index (χ3v) is 2.29. The van der Waals surface area contributed by atoms with Gasteiger partial charge in [0.15, 0.2) is 0 Å². The van der Waals surface area contributed by atoms with Crippen LogP contribution in [0.3, 0.4) is 0 Å². The average Bonchev–Trinajstić information content (AvgIpc) is 2.23. The molecule has 0 spiro atoms. The molecule has 0 aromatic carbocycles. The zero-order valence-corrected chi connectivity index (χ0v) is 9.38. The van der Waals surface area contributed by atoms with Gasteiger partial charge in [0.25, 0.3) is 0 Å². The van der Waals surface area contributed by atoms with E-state index in [1.54, 1.807) is 12.3 Å². The fourth-order valence-electron chi connectivity index (χ4n) is 0.945. The van der Waals surface area contributed by atoms with E-state index in [-0.39, 0.29) is 6.04 Å². The van der Waals surface area contributed by atoms with E-state index in [1.807, 2.05) is 6.92 Å². The lowest BCUT2D eigenvalue weighted by molar-refractivity contribution is 0.669. The summed E-state index contributed by atoms with van der Waals surface area (Å²) in [7, 11) is 0. The zero-order chi connectivity index (χ0) is 11.3. The Kier molecular flexibility index (Phi) is 4.41. The lowest BCUT2D eigenvalue weighted by atomic mass is 10.1. The third kappa shape index (κ3) is 3.78. The molecule has 0 saturated heterocycles. The van der Waals surface area contributed by atoms with Crippen LogP contribution < -0.4 is 11.5 Å². The van der Waals surface area contributed by atoms with Crippen molar-refractivity contribution in [2.75, 3.05) is 5.73 Å². The minimum Gasteiger partial charge on any atom is -0.382 e. The highest BCUT2D eigenvalue weighted by Gasteiger charge is 1.97. The van der Waals surface area contributed by atoms with Crippen LogP contribution in [0.2, 0.25) is 5.02 Å². The molecule has 0 aliphatic carbocycles. The highest BCUT2D eigenvalue weighted by atomic mass is 35.5. The number of halogens is 1. The molecule has 0 saturated carbocycles. The van der Waals surface area contributed by atoms with Gasteiger partial charge in [0.2, 0.25) is 0 Å². The van der Waals surface area contributed by atoms with Gasteiger partial charge in [-0.3, -0.25) is 0 Å².